The van der Waals surface area contributed by atoms with Gasteiger partial charge < -0.3 is 10.2 Å². The lowest BCUT2D eigenvalue weighted by Gasteiger charge is -2.30. The molecule has 1 saturated heterocycles. The standard InChI is InChI=1S/C14H20IN3O2/c1-11-4-7-17(8-5-11)9-6-16-14-3-2-12(18(19)20)10-13(14)15/h2-3,10-11,16H,4-9H2,1H3. The van der Waals surface area contributed by atoms with Crippen LogP contribution in [-0.4, -0.2) is 36.0 Å². The van der Waals surface area contributed by atoms with Gasteiger partial charge in [-0.15, -0.1) is 0 Å². The molecule has 1 heterocycles. The monoisotopic (exact) mass is 389 g/mol. The number of likely N-dealkylation sites (tertiary alicyclic amines) is 1. The predicted octanol–water partition coefficient (Wildman–Crippen LogP) is 3.34. The smallest absolute Gasteiger partial charge is 0.270 e. The Balaban J connectivity index is 1.81. The molecule has 0 unspecified atom stereocenters. The second kappa shape index (κ2) is 7.21. The number of non-ortho nitro benzene ring substituents is 1. The maximum atomic E-state index is 10.7. The molecule has 1 aliphatic heterocycles. The van der Waals surface area contributed by atoms with Crippen LogP contribution in [0.3, 0.4) is 0 Å². The van der Waals surface area contributed by atoms with E-state index in [-0.39, 0.29) is 10.6 Å². The largest absolute Gasteiger partial charge is 0.383 e. The lowest BCUT2D eigenvalue weighted by Crippen LogP contribution is -2.36. The van der Waals surface area contributed by atoms with Crippen molar-refractivity contribution in [1.29, 1.82) is 0 Å². The van der Waals surface area contributed by atoms with E-state index in [1.807, 2.05) is 0 Å². The van der Waals surface area contributed by atoms with E-state index in [1.54, 1.807) is 18.2 Å². The van der Waals surface area contributed by atoms with Gasteiger partial charge in [-0.1, -0.05) is 6.92 Å². The first-order valence-electron chi connectivity index (χ1n) is 6.96. The van der Waals surface area contributed by atoms with Crippen molar-refractivity contribution in [1.82, 2.24) is 4.90 Å². The van der Waals surface area contributed by atoms with Gasteiger partial charge in [0.05, 0.1) is 4.92 Å². The third-order valence-electron chi connectivity index (χ3n) is 3.78. The zero-order chi connectivity index (χ0) is 14.5. The summed E-state index contributed by atoms with van der Waals surface area (Å²) in [6.45, 7) is 6.58. The van der Waals surface area contributed by atoms with E-state index in [0.717, 1.165) is 28.3 Å². The van der Waals surface area contributed by atoms with Crippen LogP contribution in [-0.2, 0) is 0 Å². The maximum absolute atomic E-state index is 10.7. The summed E-state index contributed by atoms with van der Waals surface area (Å²) in [5.74, 6) is 0.856. The summed E-state index contributed by atoms with van der Waals surface area (Å²) < 4.78 is 0.893. The Morgan fingerprint density at radius 3 is 2.75 bits per heavy atom. The van der Waals surface area contributed by atoms with Gasteiger partial charge in [-0.2, -0.15) is 0 Å². The fraction of sp³-hybridized carbons (Fsp3) is 0.571. The van der Waals surface area contributed by atoms with Gasteiger partial charge in [0, 0.05) is 34.5 Å². The molecule has 1 aromatic rings. The molecule has 1 aliphatic rings. The molecule has 0 amide bonds. The zero-order valence-corrected chi connectivity index (χ0v) is 13.8. The molecule has 5 nitrogen and oxygen atoms in total. The van der Waals surface area contributed by atoms with Crippen LogP contribution in [0.15, 0.2) is 18.2 Å². The molecule has 0 bridgehead atoms. The van der Waals surface area contributed by atoms with Crippen molar-refractivity contribution in [2.24, 2.45) is 5.92 Å². The molecule has 20 heavy (non-hydrogen) atoms. The third kappa shape index (κ3) is 4.31. The summed E-state index contributed by atoms with van der Waals surface area (Å²) >= 11 is 2.14. The summed E-state index contributed by atoms with van der Waals surface area (Å²) in [7, 11) is 0. The first-order valence-corrected chi connectivity index (χ1v) is 8.04. The summed E-state index contributed by atoms with van der Waals surface area (Å²) in [6, 6.07) is 4.94. The van der Waals surface area contributed by atoms with Crippen molar-refractivity contribution in [3.05, 3.63) is 31.9 Å². The molecule has 1 aromatic carbocycles. The Hall–Kier alpha value is -0.890. The highest BCUT2D eigenvalue weighted by atomic mass is 127. The number of nitrogens with one attached hydrogen (secondary N) is 1. The Morgan fingerprint density at radius 2 is 2.15 bits per heavy atom. The molecule has 0 aliphatic carbocycles. The van der Waals surface area contributed by atoms with Crippen LogP contribution in [0.25, 0.3) is 0 Å². The zero-order valence-electron chi connectivity index (χ0n) is 11.6. The number of hydrogen-bond donors (Lipinski definition) is 1. The van der Waals surface area contributed by atoms with Crippen molar-refractivity contribution in [2.45, 2.75) is 19.8 Å². The topological polar surface area (TPSA) is 58.4 Å². The number of nitrogens with zero attached hydrogens (tertiary/aromatic N) is 2. The van der Waals surface area contributed by atoms with E-state index in [0.29, 0.717) is 0 Å². The number of hydrogen-bond acceptors (Lipinski definition) is 4. The molecule has 0 spiro atoms. The highest BCUT2D eigenvalue weighted by Gasteiger charge is 2.15. The van der Waals surface area contributed by atoms with Gasteiger partial charge in [0.2, 0.25) is 0 Å². The maximum Gasteiger partial charge on any atom is 0.270 e. The highest BCUT2D eigenvalue weighted by Crippen LogP contribution is 2.23. The van der Waals surface area contributed by atoms with Crippen molar-refractivity contribution < 1.29 is 4.92 Å². The number of benzene rings is 1. The Kier molecular flexibility index (Phi) is 5.59. The van der Waals surface area contributed by atoms with E-state index in [9.17, 15) is 10.1 Å². The first kappa shape index (κ1) is 15.5. The number of piperidine rings is 1. The molecule has 1 N–H and O–H groups in total. The van der Waals surface area contributed by atoms with Gasteiger partial charge in [0.15, 0.2) is 0 Å². The van der Waals surface area contributed by atoms with Gasteiger partial charge >= 0.3 is 0 Å². The Bertz CT molecular complexity index is 473. The summed E-state index contributed by atoms with van der Waals surface area (Å²) in [6.07, 6.45) is 2.57. The number of nitro groups is 1. The van der Waals surface area contributed by atoms with Crippen LogP contribution in [0, 0.1) is 19.6 Å². The van der Waals surface area contributed by atoms with Gasteiger partial charge in [-0.05, 0) is 60.5 Å². The van der Waals surface area contributed by atoms with Crippen molar-refractivity contribution in [3.63, 3.8) is 0 Å². The fourth-order valence-electron chi connectivity index (χ4n) is 2.40. The minimum Gasteiger partial charge on any atom is -0.383 e. The lowest BCUT2D eigenvalue weighted by molar-refractivity contribution is -0.384. The second-order valence-corrected chi connectivity index (χ2v) is 6.53. The summed E-state index contributed by atoms with van der Waals surface area (Å²) in [5, 5.41) is 14.1. The summed E-state index contributed by atoms with van der Waals surface area (Å²) in [4.78, 5) is 12.8. The highest BCUT2D eigenvalue weighted by molar-refractivity contribution is 14.1. The summed E-state index contributed by atoms with van der Waals surface area (Å²) in [5.41, 5.74) is 1.12. The van der Waals surface area contributed by atoms with E-state index in [4.69, 9.17) is 0 Å². The van der Waals surface area contributed by atoms with Crippen LogP contribution >= 0.6 is 22.6 Å². The van der Waals surface area contributed by atoms with E-state index >= 15 is 0 Å². The van der Waals surface area contributed by atoms with Crippen LogP contribution in [0.1, 0.15) is 19.8 Å². The number of anilines is 1. The predicted molar refractivity (Wildman–Crippen MR) is 89.1 cm³/mol. The van der Waals surface area contributed by atoms with E-state index < -0.39 is 0 Å². The van der Waals surface area contributed by atoms with Crippen molar-refractivity contribution in [2.75, 3.05) is 31.5 Å². The molecule has 1 fully saturated rings. The van der Waals surface area contributed by atoms with Gasteiger partial charge in [0.1, 0.15) is 0 Å². The lowest BCUT2D eigenvalue weighted by atomic mass is 9.99. The number of nitro benzene ring substituents is 1. The van der Waals surface area contributed by atoms with Gasteiger partial charge in [-0.25, -0.2) is 0 Å². The molecule has 0 atom stereocenters. The normalized spacial score (nSPS) is 17.1. The van der Waals surface area contributed by atoms with Crippen LogP contribution in [0.5, 0.6) is 0 Å². The molecule has 0 radical (unpaired) electrons. The first-order chi connectivity index (χ1) is 9.56. The average Bonchev–Trinajstić information content (AvgIpc) is 2.42. The van der Waals surface area contributed by atoms with Crippen LogP contribution in [0.4, 0.5) is 11.4 Å². The van der Waals surface area contributed by atoms with Crippen molar-refractivity contribution in [3.8, 4) is 0 Å². The van der Waals surface area contributed by atoms with Gasteiger partial charge in [0.25, 0.3) is 5.69 Å². The van der Waals surface area contributed by atoms with Crippen molar-refractivity contribution >= 4 is 34.0 Å². The number of rotatable bonds is 5. The average molecular weight is 389 g/mol. The molecular weight excluding hydrogens is 369 g/mol. The van der Waals surface area contributed by atoms with E-state index in [2.05, 4.69) is 39.7 Å². The molecular formula is C14H20IN3O2. The molecule has 0 saturated carbocycles. The van der Waals surface area contributed by atoms with Gasteiger partial charge in [-0.3, -0.25) is 10.1 Å². The third-order valence-corrected chi connectivity index (χ3v) is 4.68. The SMILES string of the molecule is CC1CCN(CCNc2ccc([N+](=O)[O-])cc2I)CC1. The minimum atomic E-state index is -0.360. The van der Waals surface area contributed by atoms with Crippen LogP contribution < -0.4 is 5.32 Å². The molecule has 110 valence electrons. The fourth-order valence-corrected chi connectivity index (χ4v) is 3.08. The number of halogens is 1. The Morgan fingerprint density at radius 1 is 1.45 bits per heavy atom. The minimum absolute atomic E-state index is 0.143. The van der Waals surface area contributed by atoms with Crippen LogP contribution in [0.2, 0.25) is 0 Å². The second-order valence-electron chi connectivity index (χ2n) is 5.37. The molecule has 6 heteroatoms. The Labute approximate surface area is 133 Å². The quantitative estimate of drug-likeness (QED) is 0.477. The molecule has 2 rings (SSSR count). The van der Waals surface area contributed by atoms with E-state index in [1.165, 1.54) is 25.9 Å². The molecule has 0 aromatic heterocycles.